The lowest BCUT2D eigenvalue weighted by Crippen LogP contribution is -2.43. The molecule has 2 heterocycles. The minimum Gasteiger partial charge on any atom is -0.354 e. The molecule has 0 unspecified atom stereocenters. The number of pyridine rings is 1. The zero-order chi connectivity index (χ0) is 9.80. The third-order valence-corrected chi connectivity index (χ3v) is 2.29. The van der Waals surface area contributed by atoms with Gasteiger partial charge in [0.05, 0.1) is 0 Å². The van der Waals surface area contributed by atoms with Crippen LogP contribution in [-0.4, -0.2) is 31.2 Å². The molecular formula is C9H12N5+. The summed E-state index contributed by atoms with van der Waals surface area (Å²) in [6.45, 7) is 3.94. The molecular weight excluding hydrogens is 178 g/mol. The first-order valence-corrected chi connectivity index (χ1v) is 4.67. The quantitative estimate of drug-likeness (QED) is 0.670. The average molecular weight is 190 g/mol. The van der Waals surface area contributed by atoms with Gasteiger partial charge in [0.2, 0.25) is 5.39 Å². The van der Waals surface area contributed by atoms with Gasteiger partial charge in [-0.25, -0.2) is 4.98 Å². The van der Waals surface area contributed by atoms with E-state index in [0.717, 1.165) is 32.0 Å². The number of diazo groups is 1. The Labute approximate surface area is 82.4 Å². The van der Waals surface area contributed by atoms with Crippen LogP contribution in [0, 0.1) is 5.39 Å². The lowest BCUT2D eigenvalue weighted by molar-refractivity contribution is 0.585. The topological polar surface area (TPSA) is 56.3 Å². The van der Waals surface area contributed by atoms with Crippen LogP contribution in [0.5, 0.6) is 0 Å². The van der Waals surface area contributed by atoms with Crippen molar-refractivity contribution in [2.75, 3.05) is 31.1 Å². The van der Waals surface area contributed by atoms with E-state index in [2.05, 4.69) is 20.2 Å². The van der Waals surface area contributed by atoms with Crippen molar-refractivity contribution in [3.8, 4) is 0 Å². The fourth-order valence-electron chi connectivity index (χ4n) is 1.52. The summed E-state index contributed by atoms with van der Waals surface area (Å²) in [7, 11) is 0. The van der Waals surface area contributed by atoms with Crippen LogP contribution < -0.4 is 10.2 Å². The molecule has 1 aliphatic rings. The molecule has 1 aliphatic heterocycles. The van der Waals surface area contributed by atoms with Gasteiger partial charge in [0.15, 0.2) is 4.98 Å². The van der Waals surface area contributed by atoms with Gasteiger partial charge in [-0.1, -0.05) is 0 Å². The van der Waals surface area contributed by atoms with Crippen molar-refractivity contribution in [2.45, 2.75) is 0 Å². The van der Waals surface area contributed by atoms with Gasteiger partial charge in [0.1, 0.15) is 12.0 Å². The number of anilines is 1. The molecule has 1 aromatic heterocycles. The van der Waals surface area contributed by atoms with Gasteiger partial charge in [-0.2, -0.15) is 0 Å². The van der Waals surface area contributed by atoms with Gasteiger partial charge >= 0.3 is 5.69 Å². The standard InChI is InChI=1S/C9H12N5/c10-13-8-1-2-9(12-7-8)14-5-3-11-4-6-14/h1-2,7,11H,3-6H2/q+1. The molecule has 0 amide bonds. The van der Waals surface area contributed by atoms with E-state index in [9.17, 15) is 0 Å². The number of nitrogens with one attached hydrogen (secondary N) is 1. The molecule has 0 aliphatic carbocycles. The molecule has 14 heavy (non-hydrogen) atoms. The maximum absolute atomic E-state index is 8.50. The number of piperazine rings is 1. The van der Waals surface area contributed by atoms with Crippen molar-refractivity contribution in [1.29, 1.82) is 5.39 Å². The van der Waals surface area contributed by atoms with E-state index in [1.165, 1.54) is 0 Å². The zero-order valence-corrected chi connectivity index (χ0v) is 7.85. The summed E-state index contributed by atoms with van der Waals surface area (Å²) in [6.07, 6.45) is 1.57. The van der Waals surface area contributed by atoms with Gasteiger partial charge in [-0.3, -0.25) is 0 Å². The molecule has 0 spiro atoms. The van der Waals surface area contributed by atoms with Crippen molar-refractivity contribution in [2.24, 2.45) is 0 Å². The summed E-state index contributed by atoms with van der Waals surface area (Å²) in [5, 5.41) is 11.8. The third kappa shape index (κ3) is 1.80. The first kappa shape index (κ1) is 8.91. The molecule has 1 fully saturated rings. The van der Waals surface area contributed by atoms with E-state index in [0.29, 0.717) is 5.69 Å². The second kappa shape index (κ2) is 4.03. The van der Waals surface area contributed by atoms with Crippen molar-refractivity contribution >= 4 is 11.5 Å². The molecule has 72 valence electrons. The van der Waals surface area contributed by atoms with E-state index < -0.39 is 0 Å². The fraction of sp³-hybridized carbons (Fsp3) is 0.444. The van der Waals surface area contributed by atoms with Crippen molar-refractivity contribution in [3.63, 3.8) is 0 Å². The van der Waals surface area contributed by atoms with E-state index >= 15 is 0 Å². The Morgan fingerprint density at radius 3 is 2.71 bits per heavy atom. The molecule has 0 atom stereocenters. The molecule has 0 radical (unpaired) electrons. The van der Waals surface area contributed by atoms with Gasteiger partial charge in [0.25, 0.3) is 0 Å². The first-order chi connectivity index (χ1) is 6.90. The van der Waals surface area contributed by atoms with E-state index in [-0.39, 0.29) is 0 Å². The Hall–Kier alpha value is -1.67. The molecule has 1 saturated heterocycles. The summed E-state index contributed by atoms with van der Waals surface area (Å²) in [4.78, 5) is 9.49. The second-order valence-corrected chi connectivity index (χ2v) is 3.21. The molecule has 1 N–H and O–H groups in total. The first-order valence-electron chi connectivity index (χ1n) is 4.67. The summed E-state index contributed by atoms with van der Waals surface area (Å²) in [5.74, 6) is 0.943. The number of hydrogen-bond donors (Lipinski definition) is 1. The minimum absolute atomic E-state index is 0.490. The molecule has 0 saturated carbocycles. The normalized spacial score (nSPS) is 16.4. The minimum atomic E-state index is 0.490. The highest BCUT2D eigenvalue weighted by molar-refractivity contribution is 5.48. The predicted octanol–water partition coefficient (Wildman–Crippen LogP) is 0.976. The van der Waals surface area contributed by atoms with E-state index in [1.807, 2.05) is 6.07 Å². The highest BCUT2D eigenvalue weighted by atomic mass is 15.2. The monoisotopic (exact) mass is 190 g/mol. The Balaban J connectivity index is 2.12. The van der Waals surface area contributed by atoms with E-state index in [4.69, 9.17) is 5.39 Å². The Morgan fingerprint density at radius 1 is 1.36 bits per heavy atom. The third-order valence-electron chi connectivity index (χ3n) is 2.29. The smallest absolute Gasteiger partial charge is 0.354 e. The summed E-state index contributed by atoms with van der Waals surface area (Å²) in [5.41, 5.74) is 0.490. The molecule has 1 aromatic rings. The fourth-order valence-corrected chi connectivity index (χ4v) is 1.52. The number of aromatic nitrogens is 1. The van der Waals surface area contributed by atoms with Crippen LogP contribution in [-0.2, 0) is 0 Å². The van der Waals surface area contributed by atoms with Gasteiger partial charge in [-0.15, -0.1) is 0 Å². The largest absolute Gasteiger partial charge is 0.403 e. The van der Waals surface area contributed by atoms with Crippen molar-refractivity contribution in [3.05, 3.63) is 23.3 Å². The highest BCUT2D eigenvalue weighted by Crippen LogP contribution is 2.16. The van der Waals surface area contributed by atoms with Crippen LogP contribution in [0.2, 0.25) is 0 Å². The van der Waals surface area contributed by atoms with Crippen LogP contribution in [0.25, 0.3) is 4.98 Å². The Kier molecular flexibility index (Phi) is 2.56. The summed E-state index contributed by atoms with van der Waals surface area (Å²) < 4.78 is 0. The van der Waals surface area contributed by atoms with Crippen LogP contribution in [0.1, 0.15) is 0 Å². The predicted molar refractivity (Wildman–Crippen MR) is 54.1 cm³/mol. The number of nitrogens with zero attached hydrogens (tertiary/aromatic N) is 4. The molecule has 2 rings (SSSR count). The number of rotatable bonds is 1. The summed E-state index contributed by atoms with van der Waals surface area (Å²) in [6, 6.07) is 3.63. The number of hydrogen-bond acceptors (Lipinski definition) is 4. The van der Waals surface area contributed by atoms with Crippen molar-refractivity contribution < 1.29 is 0 Å². The Bertz CT molecular complexity index is 333. The molecule has 5 heteroatoms. The molecule has 0 aromatic carbocycles. The van der Waals surface area contributed by atoms with Crippen LogP contribution in [0.3, 0.4) is 0 Å². The van der Waals surface area contributed by atoms with Crippen LogP contribution in [0.15, 0.2) is 18.3 Å². The van der Waals surface area contributed by atoms with Crippen LogP contribution in [0.4, 0.5) is 11.5 Å². The maximum atomic E-state index is 8.50. The zero-order valence-electron chi connectivity index (χ0n) is 7.85. The average Bonchev–Trinajstić information content (AvgIpc) is 2.30. The lowest BCUT2D eigenvalue weighted by Gasteiger charge is -2.27. The van der Waals surface area contributed by atoms with Gasteiger partial charge in [0, 0.05) is 32.2 Å². The highest BCUT2D eigenvalue weighted by Gasteiger charge is 2.12. The summed E-state index contributed by atoms with van der Waals surface area (Å²) >= 11 is 0. The van der Waals surface area contributed by atoms with Crippen LogP contribution >= 0.6 is 0 Å². The Morgan fingerprint density at radius 2 is 2.14 bits per heavy atom. The molecule has 5 nitrogen and oxygen atoms in total. The van der Waals surface area contributed by atoms with Crippen molar-refractivity contribution in [1.82, 2.24) is 10.3 Å². The second-order valence-electron chi connectivity index (χ2n) is 3.21. The van der Waals surface area contributed by atoms with E-state index in [1.54, 1.807) is 12.3 Å². The SMILES string of the molecule is N#[N+]c1ccc(N2CCNCC2)nc1. The lowest BCUT2D eigenvalue weighted by atomic mass is 10.3. The maximum Gasteiger partial charge on any atom is 0.403 e. The van der Waals surface area contributed by atoms with Gasteiger partial charge in [-0.05, 0) is 6.07 Å². The van der Waals surface area contributed by atoms with Gasteiger partial charge < -0.3 is 10.2 Å². The molecule has 0 bridgehead atoms.